The molecule has 1 saturated heterocycles. The molecule has 2 unspecified atom stereocenters. The van der Waals surface area contributed by atoms with E-state index < -0.39 is 31.1 Å². The smallest absolute Gasteiger partial charge is 0.207 e. The van der Waals surface area contributed by atoms with E-state index in [2.05, 4.69) is 20.3 Å². The van der Waals surface area contributed by atoms with E-state index in [1.165, 1.54) is 6.33 Å². The summed E-state index contributed by atoms with van der Waals surface area (Å²) >= 11 is 0. The maximum absolute atomic E-state index is 10.5. The minimum atomic E-state index is -1.26. The van der Waals surface area contributed by atoms with E-state index in [0.29, 0.717) is 23.7 Å². The molecular weight excluding hydrogens is 366 g/mol. The summed E-state index contributed by atoms with van der Waals surface area (Å²) in [7, 11) is 1.97. The van der Waals surface area contributed by atoms with Crippen molar-refractivity contribution in [1.82, 2.24) is 24.1 Å². The normalized spacial score (nSPS) is 24.9. The van der Waals surface area contributed by atoms with Crippen LogP contribution in [-0.2, 0) is 18.2 Å². The van der Waals surface area contributed by atoms with E-state index >= 15 is 0 Å². The van der Waals surface area contributed by atoms with E-state index in [0.717, 1.165) is 12.1 Å². The Balaban J connectivity index is 1.67. The van der Waals surface area contributed by atoms with Gasteiger partial charge in [-0.05, 0) is 12.1 Å². The Kier molecular flexibility index (Phi) is 4.89. The second-order valence-corrected chi connectivity index (χ2v) is 6.75. The quantitative estimate of drug-likeness (QED) is 0.357. The van der Waals surface area contributed by atoms with Crippen LogP contribution in [0.1, 0.15) is 11.9 Å². The molecule has 4 atom stereocenters. The Labute approximate surface area is 160 Å². The van der Waals surface area contributed by atoms with Gasteiger partial charge in [-0.2, -0.15) is 0 Å². The lowest BCUT2D eigenvalue weighted by Gasteiger charge is -2.19. The second-order valence-electron chi connectivity index (χ2n) is 6.75. The van der Waals surface area contributed by atoms with E-state index in [1.807, 2.05) is 29.9 Å². The number of anilines is 2. The van der Waals surface area contributed by atoms with Crippen molar-refractivity contribution < 1.29 is 20.1 Å². The fourth-order valence-corrected chi connectivity index (χ4v) is 3.44. The Morgan fingerprint density at radius 1 is 1.29 bits per heavy atom. The van der Waals surface area contributed by atoms with Gasteiger partial charge in [0, 0.05) is 31.9 Å². The number of hydrogen-bond acceptors (Lipinski definition) is 9. The zero-order valence-corrected chi connectivity index (χ0v) is 15.3. The van der Waals surface area contributed by atoms with Crippen LogP contribution in [-0.4, -0.2) is 70.9 Å². The molecule has 11 nitrogen and oxygen atoms in total. The number of rotatable bonds is 6. The average molecular weight is 389 g/mol. The number of aliphatic hydroxyl groups is 3. The van der Waals surface area contributed by atoms with E-state index in [4.69, 9.17) is 10.5 Å². The number of aromatic nitrogens is 5. The average Bonchev–Trinajstić information content (AvgIpc) is 3.34. The van der Waals surface area contributed by atoms with Gasteiger partial charge < -0.3 is 35.7 Å². The second kappa shape index (κ2) is 7.36. The highest BCUT2D eigenvalue weighted by Gasteiger charge is 2.45. The summed E-state index contributed by atoms with van der Waals surface area (Å²) in [5, 5.41) is 33.2. The van der Waals surface area contributed by atoms with E-state index in [-0.39, 0.29) is 5.82 Å². The largest absolute Gasteiger partial charge is 0.394 e. The number of nitrogens with two attached hydrogens (primary N) is 1. The lowest BCUT2D eigenvalue weighted by Crippen LogP contribution is -2.33. The highest BCUT2D eigenvalue weighted by Crippen LogP contribution is 2.35. The maximum atomic E-state index is 10.5. The predicted molar refractivity (Wildman–Crippen MR) is 100 cm³/mol. The van der Waals surface area contributed by atoms with Gasteiger partial charge in [-0.25, -0.2) is 15.0 Å². The first-order valence-corrected chi connectivity index (χ1v) is 8.96. The van der Waals surface area contributed by atoms with E-state index in [9.17, 15) is 15.3 Å². The maximum Gasteiger partial charge on any atom is 0.207 e. The van der Waals surface area contributed by atoms with Crippen LogP contribution in [0.25, 0.3) is 11.2 Å². The number of nitrogen functional groups attached to an aromatic ring is 1. The Hall–Kier alpha value is -2.73. The predicted octanol–water partition coefficient (Wildman–Crippen LogP) is -0.987. The van der Waals surface area contributed by atoms with Crippen LogP contribution in [0.3, 0.4) is 0 Å². The van der Waals surface area contributed by atoms with Crippen molar-refractivity contribution >= 4 is 22.9 Å². The molecule has 28 heavy (non-hydrogen) atoms. The topological polar surface area (TPSA) is 156 Å². The summed E-state index contributed by atoms with van der Waals surface area (Å²) < 4.78 is 9.24. The zero-order chi connectivity index (χ0) is 19.8. The van der Waals surface area contributed by atoms with Crippen molar-refractivity contribution in [1.29, 1.82) is 0 Å². The lowest BCUT2D eigenvalue weighted by molar-refractivity contribution is -0.0501. The van der Waals surface area contributed by atoms with E-state index in [1.54, 1.807) is 4.57 Å². The summed E-state index contributed by atoms with van der Waals surface area (Å²) in [5.41, 5.74) is 7.80. The van der Waals surface area contributed by atoms with Crippen LogP contribution in [0.4, 0.5) is 11.8 Å². The summed E-state index contributed by atoms with van der Waals surface area (Å²) in [5.74, 6) is 0.576. The standard InChI is InChI=1S/C17H23N7O4/c1-23-6-2-3-9(23)4-5-19-17-22-11-14(18)20-8-21-15(11)24(17)16-13(27)12(26)10(7-25)28-16/h2-3,6,8,10,12-13,16,25-27H,4-5,7H2,1H3,(H,19,22)(H2,18,20,21)/t10-,12?,13?,16-/m1/s1. The number of fused-ring (bicyclic) bond motifs is 1. The van der Waals surface area contributed by atoms with Crippen molar-refractivity contribution in [2.45, 2.75) is 31.0 Å². The molecule has 0 saturated carbocycles. The van der Waals surface area contributed by atoms with Gasteiger partial charge in [0.15, 0.2) is 23.2 Å². The first-order valence-electron chi connectivity index (χ1n) is 8.96. The molecule has 0 bridgehead atoms. The van der Waals surface area contributed by atoms with Crippen LogP contribution in [0.5, 0.6) is 0 Å². The van der Waals surface area contributed by atoms with Gasteiger partial charge in [0.05, 0.1) is 6.61 Å². The van der Waals surface area contributed by atoms with Crippen molar-refractivity contribution in [3.05, 3.63) is 30.4 Å². The molecule has 1 aliphatic rings. The number of nitrogens with zero attached hydrogens (tertiary/aromatic N) is 5. The molecule has 1 fully saturated rings. The zero-order valence-electron chi connectivity index (χ0n) is 15.3. The molecule has 0 aliphatic carbocycles. The highest BCUT2D eigenvalue weighted by atomic mass is 16.6. The summed E-state index contributed by atoms with van der Waals surface area (Å²) in [4.78, 5) is 12.6. The van der Waals surface area contributed by atoms with Gasteiger partial charge in [-0.15, -0.1) is 0 Å². The minimum Gasteiger partial charge on any atom is -0.394 e. The van der Waals surface area contributed by atoms with Crippen LogP contribution in [0.15, 0.2) is 24.7 Å². The number of ether oxygens (including phenoxy) is 1. The number of imidazole rings is 1. The third kappa shape index (κ3) is 3.07. The Morgan fingerprint density at radius 2 is 2.11 bits per heavy atom. The Bertz CT molecular complexity index is 972. The van der Waals surface area contributed by atoms with Crippen LogP contribution < -0.4 is 11.1 Å². The van der Waals surface area contributed by atoms with Gasteiger partial charge >= 0.3 is 0 Å². The van der Waals surface area contributed by atoms with Crippen molar-refractivity contribution in [3.8, 4) is 0 Å². The molecule has 0 aromatic carbocycles. The number of aryl methyl sites for hydroxylation is 1. The Morgan fingerprint density at radius 3 is 2.79 bits per heavy atom. The fourth-order valence-electron chi connectivity index (χ4n) is 3.44. The van der Waals surface area contributed by atoms with Gasteiger partial charge in [0.1, 0.15) is 24.6 Å². The highest BCUT2D eigenvalue weighted by molar-refractivity contribution is 5.84. The minimum absolute atomic E-state index is 0.195. The van der Waals surface area contributed by atoms with Crippen molar-refractivity contribution in [2.75, 3.05) is 24.2 Å². The van der Waals surface area contributed by atoms with Crippen LogP contribution in [0, 0.1) is 0 Å². The summed E-state index contributed by atoms with van der Waals surface area (Å²) in [6.45, 7) is 0.137. The first kappa shape index (κ1) is 18.6. The molecule has 150 valence electrons. The summed E-state index contributed by atoms with van der Waals surface area (Å²) in [6.07, 6.45) is -0.381. The molecule has 0 spiro atoms. The molecule has 4 heterocycles. The van der Waals surface area contributed by atoms with Gasteiger partial charge in [-0.1, -0.05) is 0 Å². The third-order valence-corrected chi connectivity index (χ3v) is 4.99. The number of aliphatic hydroxyl groups excluding tert-OH is 3. The first-order chi connectivity index (χ1) is 13.5. The van der Waals surface area contributed by atoms with Gasteiger partial charge in [0.2, 0.25) is 5.95 Å². The van der Waals surface area contributed by atoms with Crippen molar-refractivity contribution in [2.24, 2.45) is 7.05 Å². The number of nitrogens with one attached hydrogen (secondary N) is 1. The van der Waals surface area contributed by atoms with Crippen LogP contribution in [0.2, 0.25) is 0 Å². The molecule has 6 N–H and O–H groups in total. The lowest BCUT2D eigenvalue weighted by atomic mass is 10.1. The molecule has 4 rings (SSSR count). The molecule has 0 amide bonds. The molecule has 3 aromatic heterocycles. The number of hydrogen-bond donors (Lipinski definition) is 5. The molecule has 0 radical (unpaired) electrons. The molecule has 3 aromatic rings. The van der Waals surface area contributed by atoms with Crippen molar-refractivity contribution in [3.63, 3.8) is 0 Å². The SMILES string of the molecule is Cn1cccc1CCNc1nc2c(N)ncnc2n1[C@@H]1O[C@H](CO)C(O)C1O. The van der Waals surface area contributed by atoms with Crippen LogP contribution >= 0.6 is 0 Å². The summed E-state index contributed by atoms with van der Waals surface area (Å²) in [6, 6.07) is 4.00. The molecular formula is C17H23N7O4. The molecule has 11 heteroatoms. The van der Waals surface area contributed by atoms with Gasteiger partial charge in [-0.3, -0.25) is 4.57 Å². The van der Waals surface area contributed by atoms with Gasteiger partial charge in [0.25, 0.3) is 0 Å². The monoisotopic (exact) mass is 389 g/mol. The fraction of sp³-hybridized carbons (Fsp3) is 0.471. The molecule has 1 aliphatic heterocycles. The third-order valence-electron chi connectivity index (χ3n) is 4.99.